The molecule has 1 aliphatic rings. The molecule has 1 aliphatic heterocycles. The second-order valence-electron chi connectivity index (χ2n) is 11.4. The number of amides is 2. The standard InChI is InChI=1S/C33H36N4O4.C2HF3O2/c1-3-24(38)11-5-4-6-12-29(32-34-20-30(36-32)23-14-13-21-9-7-8-10-22(21)17-23)35-31(39)19-27-26-18-25(41-2)15-16-28(26)37-33(27)40;3-2(4,5)1(6)7/h7-10,13-18,20,27,29H,3-6,11-12,19H2,1-2H3,(H,34,36)(H,35,39)(H,37,40);(H,6,7)/t27?,29-;/m0./s1. The number of H-pyrrole nitrogens is 1. The van der Waals surface area contributed by atoms with E-state index in [1.54, 1.807) is 25.4 Å². The van der Waals surface area contributed by atoms with E-state index in [-0.39, 0.29) is 30.1 Å². The van der Waals surface area contributed by atoms with Gasteiger partial charge in [0.1, 0.15) is 17.4 Å². The lowest BCUT2D eigenvalue weighted by atomic mass is 9.96. The fraction of sp³-hybridized carbons (Fsp3) is 0.343. The summed E-state index contributed by atoms with van der Waals surface area (Å²) in [5.74, 6) is -2.19. The van der Waals surface area contributed by atoms with Crippen LogP contribution >= 0.6 is 0 Å². The van der Waals surface area contributed by atoms with Gasteiger partial charge in [0.2, 0.25) is 11.8 Å². The number of carboxylic acids is 1. The lowest BCUT2D eigenvalue weighted by Gasteiger charge is -2.18. The third-order valence-electron chi connectivity index (χ3n) is 8.00. The lowest BCUT2D eigenvalue weighted by Crippen LogP contribution is -2.31. The number of nitrogens with zero attached hydrogens (tertiary/aromatic N) is 1. The normalized spacial score (nSPS) is 14.4. The van der Waals surface area contributed by atoms with E-state index in [2.05, 4.69) is 50.9 Å². The average molecular weight is 667 g/mol. The maximum atomic E-state index is 13.3. The number of unbranched alkanes of at least 4 members (excludes halogenated alkanes) is 2. The first-order chi connectivity index (χ1) is 22.9. The van der Waals surface area contributed by atoms with E-state index in [0.29, 0.717) is 36.5 Å². The van der Waals surface area contributed by atoms with Crippen molar-refractivity contribution in [3.63, 3.8) is 0 Å². The zero-order valence-corrected chi connectivity index (χ0v) is 26.5. The van der Waals surface area contributed by atoms with Crippen LogP contribution in [0, 0.1) is 0 Å². The van der Waals surface area contributed by atoms with Gasteiger partial charge in [-0.25, -0.2) is 9.78 Å². The Bertz CT molecular complexity index is 1770. The number of aromatic nitrogens is 2. The highest BCUT2D eigenvalue weighted by molar-refractivity contribution is 6.05. The largest absolute Gasteiger partial charge is 0.497 e. The van der Waals surface area contributed by atoms with Crippen molar-refractivity contribution in [1.29, 1.82) is 0 Å². The van der Waals surface area contributed by atoms with Crippen molar-refractivity contribution in [2.45, 2.75) is 70.0 Å². The van der Waals surface area contributed by atoms with Crippen LogP contribution in [0.3, 0.4) is 0 Å². The van der Waals surface area contributed by atoms with Gasteiger partial charge in [-0.15, -0.1) is 0 Å². The molecule has 0 saturated carbocycles. The molecule has 13 heteroatoms. The Kier molecular flexibility index (Phi) is 11.9. The van der Waals surface area contributed by atoms with Gasteiger partial charge in [0.05, 0.1) is 31.0 Å². The Morgan fingerprint density at radius 1 is 1.02 bits per heavy atom. The highest BCUT2D eigenvalue weighted by atomic mass is 19.4. The Balaban J connectivity index is 0.000000671. The quantitative estimate of drug-likeness (QED) is 0.111. The predicted molar refractivity (Wildman–Crippen MR) is 173 cm³/mol. The molecule has 4 aromatic rings. The molecule has 48 heavy (non-hydrogen) atoms. The third-order valence-corrected chi connectivity index (χ3v) is 8.00. The monoisotopic (exact) mass is 666 g/mol. The molecule has 2 atom stereocenters. The number of carboxylic acid groups (broad SMARTS) is 1. The number of alkyl halides is 3. The van der Waals surface area contributed by atoms with Crippen LogP contribution in [0.15, 0.2) is 66.9 Å². The minimum Gasteiger partial charge on any atom is -0.497 e. The van der Waals surface area contributed by atoms with Crippen LogP contribution in [0.25, 0.3) is 22.0 Å². The van der Waals surface area contributed by atoms with E-state index >= 15 is 0 Å². The summed E-state index contributed by atoms with van der Waals surface area (Å²) < 4.78 is 37.1. The van der Waals surface area contributed by atoms with Gasteiger partial charge in [-0.2, -0.15) is 13.2 Å². The number of benzene rings is 3. The van der Waals surface area contributed by atoms with E-state index in [0.717, 1.165) is 46.9 Å². The maximum Gasteiger partial charge on any atom is 0.490 e. The van der Waals surface area contributed by atoms with E-state index in [9.17, 15) is 27.6 Å². The number of nitrogens with one attached hydrogen (secondary N) is 3. The summed E-state index contributed by atoms with van der Waals surface area (Å²) >= 11 is 0. The molecule has 1 unspecified atom stereocenters. The highest BCUT2D eigenvalue weighted by Crippen LogP contribution is 2.37. The molecule has 2 heterocycles. The van der Waals surface area contributed by atoms with E-state index < -0.39 is 18.1 Å². The first kappa shape index (κ1) is 35.7. The van der Waals surface area contributed by atoms with Crippen LogP contribution < -0.4 is 15.4 Å². The number of hydrogen-bond donors (Lipinski definition) is 4. The topological polar surface area (TPSA) is 150 Å². The van der Waals surface area contributed by atoms with Crippen LogP contribution in [-0.2, 0) is 19.2 Å². The summed E-state index contributed by atoms with van der Waals surface area (Å²) in [5.41, 5.74) is 3.35. The third kappa shape index (κ3) is 9.43. The number of rotatable bonds is 13. The highest BCUT2D eigenvalue weighted by Gasteiger charge is 2.38. The summed E-state index contributed by atoms with van der Waals surface area (Å²) in [6.45, 7) is 1.89. The smallest absolute Gasteiger partial charge is 0.490 e. The molecular weight excluding hydrogens is 629 g/mol. The fourth-order valence-corrected chi connectivity index (χ4v) is 5.39. The number of carbonyl (C=O) groups is 4. The summed E-state index contributed by atoms with van der Waals surface area (Å²) in [6, 6.07) is 19.5. The maximum absolute atomic E-state index is 13.3. The van der Waals surface area contributed by atoms with Crippen molar-refractivity contribution in [1.82, 2.24) is 15.3 Å². The number of halogens is 3. The van der Waals surface area contributed by atoms with Gasteiger partial charge in [-0.3, -0.25) is 14.4 Å². The lowest BCUT2D eigenvalue weighted by molar-refractivity contribution is -0.192. The molecule has 0 saturated heterocycles. The van der Waals surface area contributed by atoms with Crippen molar-refractivity contribution >= 4 is 40.0 Å². The number of ether oxygens (including phenoxy) is 1. The zero-order valence-electron chi connectivity index (χ0n) is 26.5. The molecule has 0 radical (unpaired) electrons. The van der Waals surface area contributed by atoms with Gasteiger partial charge in [0.15, 0.2) is 0 Å². The molecular formula is C35H37F3N4O6. The van der Waals surface area contributed by atoms with Crippen molar-refractivity contribution in [2.24, 2.45) is 0 Å². The van der Waals surface area contributed by atoms with E-state index in [1.807, 2.05) is 25.1 Å². The Morgan fingerprint density at radius 2 is 1.75 bits per heavy atom. The molecule has 10 nitrogen and oxygen atoms in total. The first-order valence-electron chi connectivity index (χ1n) is 15.5. The van der Waals surface area contributed by atoms with Gasteiger partial charge < -0.3 is 25.5 Å². The number of ketones is 1. The summed E-state index contributed by atoms with van der Waals surface area (Å²) in [4.78, 5) is 54.7. The minimum absolute atomic E-state index is 0.0196. The van der Waals surface area contributed by atoms with Crippen LogP contribution in [0.5, 0.6) is 5.75 Å². The molecule has 5 rings (SSSR count). The average Bonchev–Trinajstić information content (AvgIpc) is 3.68. The summed E-state index contributed by atoms with van der Waals surface area (Å²) in [6.07, 6.45) is 1.09. The number of imidazole rings is 1. The van der Waals surface area contributed by atoms with Crippen LogP contribution in [-0.4, -0.2) is 51.9 Å². The molecule has 0 aliphatic carbocycles. The van der Waals surface area contributed by atoms with Crippen molar-refractivity contribution < 1.29 is 42.2 Å². The SMILES string of the molecule is CCC(=O)CCCCC[C@H](NC(=O)CC1C(=O)Nc2ccc(OC)cc21)c1ncc(-c2ccc3ccccc3c2)[nH]1.O=C(O)C(F)(F)F. The molecule has 3 aromatic carbocycles. The Hall–Kier alpha value is -5.20. The van der Waals surface area contributed by atoms with Crippen LogP contribution in [0.4, 0.5) is 18.9 Å². The minimum atomic E-state index is -5.08. The Morgan fingerprint density at radius 3 is 2.44 bits per heavy atom. The molecule has 254 valence electrons. The fourth-order valence-electron chi connectivity index (χ4n) is 5.39. The molecule has 0 spiro atoms. The number of hydrogen-bond acceptors (Lipinski definition) is 6. The number of methoxy groups -OCH3 is 1. The van der Waals surface area contributed by atoms with Crippen LogP contribution in [0.2, 0.25) is 0 Å². The van der Waals surface area contributed by atoms with Crippen LogP contribution in [0.1, 0.15) is 75.2 Å². The second-order valence-corrected chi connectivity index (χ2v) is 11.4. The summed E-state index contributed by atoms with van der Waals surface area (Å²) in [7, 11) is 1.58. The molecule has 4 N–H and O–H groups in total. The molecule has 2 amide bonds. The van der Waals surface area contributed by atoms with Gasteiger partial charge in [0, 0.05) is 30.5 Å². The molecule has 0 fully saturated rings. The number of fused-ring (bicyclic) bond motifs is 2. The number of anilines is 1. The number of carbonyl (C=O) groups excluding carboxylic acids is 3. The number of aliphatic carboxylic acids is 1. The van der Waals surface area contributed by atoms with Gasteiger partial charge in [0.25, 0.3) is 0 Å². The van der Waals surface area contributed by atoms with E-state index in [1.165, 1.54) is 0 Å². The first-order valence-corrected chi connectivity index (χ1v) is 15.5. The second kappa shape index (κ2) is 16.1. The van der Waals surface area contributed by atoms with Crippen molar-refractivity contribution in [3.8, 4) is 17.0 Å². The molecule has 0 bridgehead atoms. The molecule has 1 aromatic heterocycles. The van der Waals surface area contributed by atoms with Crippen molar-refractivity contribution in [2.75, 3.05) is 12.4 Å². The van der Waals surface area contributed by atoms with Gasteiger partial charge in [-0.05, 0) is 53.4 Å². The zero-order chi connectivity index (χ0) is 34.8. The van der Waals surface area contributed by atoms with Gasteiger partial charge >= 0.3 is 12.1 Å². The number of Topliss-reactive ketones (excluding diaryl/α,β-unsaturated/α-hetero) is 1. The van der Waals surface area contributed by atoms with Gasteiger partial charge in [-0.1, -0.05) is 56.2 Å². The summed E-state index contributed by atoms with van der Waals surface area (Å²) in [5, 5.41) is 15.4. The van der Waals surface area contributed by atoms with E-state index in [4.69, 9.17) is 14.6 Å². The number of aromatic amines is 1. The van der Waals surface area contributed by atoms with Crippen molar-refractivity contribution in [3.05, 3.63) is 78.2 Å². The predicted octanol–water partition coefficient (Wildman–Crippen LogP) is 7.08. The Labute approximate surface area is 275 Å².